The Morgan fingerprint density at radius 3 is 2.48 bits per heavy atom. The highest BCUT2D eigenvalue weighted by Gasteiger charge is 2.32. The smallest absolute Gasteiger partial charge is 0.337 e. The van der Waals surface area contributed by atoms with Gasteiger partial charge in [0.1, 0.15) is 19.0 Å². The summed E-state index contributed by atoms with van der Waals surface area (Å²) in [4.78, 5) is 24.7. The van der Waals surface area contributed by atoms with Crippen molar-refractivity contribution in [3.63, 3.8) is 0 Å². The van der Waals surface area contributed by atoms with Gasteiger partial charge in [0.15, 0.2) is 17.7 Å². The van der Waals surface area contributed by atoms with Gasteiger partial charge >= 0.3 is 12.0 Å². The average molecular weight is 876 g/mol. The molecule has 13 heteroatoms. The van der Waals surface area contributed by atoms with Crippen LogP contribution in [0.2, 0.25) is 0 Å². The molecule has 0 radical (unpaired) electrons. The molecule has 0 fully saturated rings. The SMILES string of the molecule is CCOc1cc([C@H]2NC(=O)NC(C)=C2C(=O)OC)ccc1OC[C@@H](O)N/N=C\c1cc(I)c(OCc2ccc3ccccc3c2)c(I)c1. The molecule has 0 spiro atoms. The first-order chi connectivity index (χ1) is 23.2. The number of carbonyl (C=O) groups excluding carboxylic acids is 2. The number of nitrogens with zero attached hydrogens (tertiary/aromatic N) is 1. The van der Waals surface area contributed by atoms with Crippen LogP contribution < -0.4 is 30.3 Å². The van der Waals surface area contributed by atoms with Crippen molar-refractivity contribution in [2.75, 3.05) is 20.3 Å². The number of amides is 2. The highest BCUT2D eigenvalue weighted by molar-refractivity contribution is 14.1. The highest BCUT2D eigenvalue weighted by atomic mass is 127. The van der Waals surface area contributed by atoms with Crippen LogP contribution in [-0.2, 0) is 16.1 Å². The molecule has 2 atom stereocenters. The summed E-state index contributed by atoms with van der Waals surface area (Å²) in [6.45, 7) is 4.11. The Morgan fingerprint density at radius 1 is 1.00 bits per heavy atom. The summed E-state index contributed by atoms with van der Waals surface area (Å²) in [6.07, 6.45) is 0.487. The van der Waals surface area contributed by atoms with Gasteiger partial charge in [-0.15, -0.1) is 0 Å². The lowest BCUT2D eigenvalue weighted by molar-refractivity contribution is -0.136. The number of fused-ring (bicyclic) bond motifs is 1. The molecule has 48 heavy (non-hydrogen) atoms. The second-order valence-corrected chi connectivity index (χ2v) is 13.0. The number of rotatable bonds is 13. The molecule has 250 valence electrons. The molecule has 0 bridgehead atoms. The maximum Gasteiger partial charge on any atom is 0.337 e. The van der Waals surface area contributed by atoms with Crippen LogP contribution in [0.3, 0.4) is 0 Å². The molecule has 0 unspecified atom stereocenters. The first kappa shape index (κ1) is 35.2. The van der Waals surface area contributed by atoms with E-state index >= 15 is 0 Å². The summed E-state index contributed by atoms with van der Waals surface area (Å²) < 4.78 is 24.6. The number of aliphatic hydroxyl groups is 1. The van der Waals surface area contributed by atoms with Crippen LogP contribution in [0.4, 0.5) is 4.79 Å². The van der Waals surface area contributed by atoms with Crippen molar-refractivity contribution >= 4 is 74.2 Å². The van der Waals surface area contributed by atoms with Crippen molar-refractivity contribution in [3.8, 4) is 17.2 Å². The van der Waals surface area contributed by atoms with E-state index in [1.54, 1.807) is 31.3 Å². The molecule has 0 aliphatic carbocycles. The normalized spacial score (nSPS) is 15.1. The third kappa shape index (κ3) is 8.68. The van der Waals surface area contributed by atoms with Crippen molar-refractivity contribution in [2.24, 2.45) is 5.10 Å². The van der Waals surface area contributed by atoms with Gasteiger partial charge in [-0.25, -0.2) is 9.59 Å². The fourth-order valence-electron chi connectivity index (χ4n) is 5.10. The number of hydrazone groups is 1. The lowest BCUT2D eigenvalue weighted by Crippen LogP contribution is -2.45. The molecule has 5 rings (SSSR count). The van der Waals surface area contributed by atoms with E-state index in [9.17, 15) is 14.7 Å². The lowest BCUT2D eigenvalue weighted by atomic mass is 9.95. The van der Waals surface area contributed by atoms with E-state index in [0.29, 0.717) is 36.0 Å². The highest BCUT2D eigenvalue weighted by Crippen LogP contribution is 2.35. The zero-order chi connectivity index (χ0) is 34.2. The Bertz CT molecular complexity index is 1860. The van der Waals surface area contributed by atoms with E-state index in [2.05, 4.69) is 96.7 Å². The van der Waals surface area contributed by atoms with E-state index in [4.69, 9.17) is 18.9 Å². The average Bonchev–Trinajstić information content (AvgIpc) is 3.06. The van der Waals surface area contributed by atoms with Gasteiger partial charge in [-0.1, -0.05) is 42.5 Å². The van der Waals surface area contributed by atoms with E-state index in [1.165, 1.54) is 17.9 Å². The number of esters is 1. The van der Waals surface area contributed by atoms with Gasteiger partial charge < -0.3 is 34.7 Å². The number of allylic oxidation sites excluding steroid dienone is 1. The van der Waals surface area contributed by atoms with Crippen LogP contribution in [0.25, 0.3) is 10.8 Å². The fraction of sp³-hybridized carbons (Fsp3) is 0.229. The monoisotopic (exact) mass is 876 g/mol. The number of methoxy groups -OCH3 is 1. The second kappa shape index (κ2) is 16.3. The summed E-state index contributed by atoms with van der Waals surface area (Å²) >= 11 is 4.49. The summed E-state index contributed by atoms with van der Waals surface area (Å²) in [5, 5.41) is 22.4. The first-order valence-corrected chi connectivity index (χ1v) is 17.1. The zero-order valence-corrected chi connectivity index (χ0v) is 30.7. The van der Waals surface area contributed by atoms with Crippen LogP contribution in [0.15, 0.2) is 89.2 Å². The number of benzene rings is 4. The molecule has 0 aromatic heterocycles. The van der Waals surface area contributed by atoms with E-state index < -0.39 is 24.3 Å². The molecule has 11 nitrogen and oxygen atoms in total. The number of urea groups is 1. The Hall–Kier alpha value is -4.09. The van der Waals surface area contributed by atoms with Crippen molar-refractivity contribution in [1.82, 2.24) is 16.1 Å². The molecule has 1 aliphatic heterocycles. The number of aliphatic hydroxyl groups excluding tert-OH is 1. The number of hydrogen-bond acceptors (Lipinski definition) is 9. The van der Waals surface area contributed by atoms with E-state index in [1.807, 2.05) is 31.2 Å². The standard InChI is InChI=1S/C35H34I2N4O7/c1-4-46-29-16-25(32-31(34(43)45-3)20(2)39-35(44)40-32)11-12-28(29)47-19-30(42)41-38-17-22-14-26(36)33(27(37)15-22)48-18-21-9-10-23-7-5-6-8-24(23)13-21/h5-17,30,32,41-42H,4,18-19H2,1-3H3,(H2,39,40,44)/b38-17-/t30-,32-/m1/s1. The number of ether oxygens (including phenoxy) is 4. The van der Waals surface area contributed by atoms with Crippen LogP contribution in [0.1, 0.15) is 36.6 Å². The van der Waals surface area contributed by atoms with Gasteiger partial charge in [-0.3, -0.25) is 5.43 Å². The van der Waals surface area contributed by atoms with Gasteiger partial charge in [0, 0.05) is 5.70 Å². The minimum Gasteiger partial charge on any atom is -0.490 e. The van der Waals surface area contributed by atoms with Crippen LogP contribution in [-0.4, -0.2) is 49.9 Å². The van der Waals surface area contributed by atoms with E-state index in [0.717, 1.165) is 24.0 Å². The molecule has 1 heterocycles. The predicted octanol–water partition coefficient (Wildman–Crippen LogP) is 6.15. The molecule has 4 aromatic rings. The number of halogens is 2. The van der Waals surface area contributed by atoms with Crippen molar-refractivity contribution in [2.45, 2.75) is 32.7 Å². The first-order valence-electron chi connectivity index (χ1n) is 15.0. The van der Waals surface area contributed by atoms with Gasteiger partial charge in [0.2, 0.25) is 0 Å². The van der Waals surface area contributed by atoms with E-state index in [-0.39, 0.29) is 12.2 Å². The van der Waals surface area contributed by atoms with Gasteiger partial charge in [-0.2, -0.15) is 5.10 Å². The Kier molecular flexibility index (Phi) is 12.0. The van der Waals surface area contributed by atoms with Crippen LogP contribution in [0, 0.1) is 7.14 Å². The maximum atomic E-state index is 12.5. The fourth-order valence-corrected chi connectivity index (χ4v) is 7.22. The molecule has 4 aromatic carbocycles. The number of nitrogens with one attached hydrogen (secondary N) is 3. The number of hydrogen-bond donors (Lipinski definition) is 4. The summed E-state index contributed by atoms with van der Waals surface area (Å²) in [6, 6.07) is 22.3. The molecule has 4 N–H and O–H groups in total. The minimum atomic E-state index is -1.13. The molecule has 1 aliphatic rings. The van der Waals surface area contributed by atoms with Crippen LogP contribution >= 0.6 is 45.2 Å². The molecule has 2 amide bonds. The summed E-state index contributed by atoms with van der Waals surface area (Å²) in [7, 11) is 1.28. The topological polar surface area (TPSA) is 140 Å². The van der Waals surface area contributed by atoms with Crippen molar-refractivity contribution in [1.29, 1.82) is 0 Å². The third-order valence-electron chi connectivity index (χ3n) is 7.33. The molecular formula is C35H34I2N4O7. The summed E-state index contributed by atoms with van der Waals surface area (Å²) in [5.74, 6) is 0.986. The maximum absolute atomic E-state index is 12.5. The Balaban J connectivity index is 1.18. The molecular weight excluding hydrogens is 842 g/mol. The minimum absolute atomic E-state index is 0.135. The summed E-state index contributed by atoms with van der Waals surface area (Å²) in [5.41, 5.74) is 5.86. The predicted molar refractivity (Wildman–Crippen MR) is 199 cm³/mol. The van der Waals surface area contributed by atoms with Gasteiger partial charge in [-0.05, 0) is 117 Å². The quantitative estimate of drug-likeness (QED) is 0.0413. The Labute approximate surface area is 305 Å². The van der Waals surface area contributed by atoms with Crippen molar-refractivity contribution < 1.29 is 33.6 Å². The zero-order valence-electron chi connectivity index (χ0n) is 26.4. The van der Waals surface area contributed by atoms with Gasteiger partial charge in [0.05, 0.1) is 38.7 Å². The van der Waals surface area contributed by atoms with Gasteiger partial charge in [0.25, 0.3) is 0 Å². The second-order valence-electron chi connectivity index (χ2n) is 10.7. The van der Waals surface area contributed by atoms with Crippen molar-refractivity contribution in [3.05, 3.63) is 108 Å². The lowest BCUT2D eigenvalue weighted by Gasteiger charge is -2.28. The third-order valence-corrected chi connectivity index (χ3v) is 8.93. The Morgan fingerprint density at radius 2 is 1.75 bits per heavy atom. The number of carbonyl (C=O) groups is 2. The molecule has 0 saturated carbocycles. The molecule has 0 saturated heterocycles. The van der Waals surface area contributed by atoms with Crippen LogP contribution in [0.5, 0.6) is 17.2 Å². The largest absolute Gasteiger partial charge is 0.490 e.